The van der Waals surface area contributed by atoms with Crippen molar-refractivity contribution in [1.29, 1.82) is 0 Å². The largest absolute Gasteiger partial charge is 0.490 e. The Bertz CT molecular complexity index is 871. The predicted octanol–water partition coefficient (Wildman–Crippen LogP) is 5.34. The number of benzene rings is 2. The summed E-state index contributed by atoms with van der Waals surface area (Å²) in [6.07, 6.45) is 5.13. The van der Waals surface area contributed by atoms with E-state index in [0.29, 0.717) is 24.6 Å². The van der Waals surface area contributed by atoms with E-state index in [4.69, 9.17) is 9.84 Å². The van der Waals surface area contributed by atoms with Gasteiger partial charge in [-0.2, -0.15) is 0 Å². The lowest BCUT2D eigenvalue weighted by Crippen LogP contribution is -2.49. The Kier molecular flexibility index (Phi) is 5.56. The van der Waals surface area contributed by atoms with Gasteiger partial charge >= 0.3 is 5.97 Å². The number of ether oxygens (including phenoxy) is 1. The average molecular weight is 396 g/mol. The molecule has 1 aliphatic heterocycles. The summed E-state index contributed by atoms with van der Waals surface area (Å²) in [5.74, 6) is 0.888. The maximum atomic E-state index is 11.0. The van der Waals surface area contributed by atoms with Gasteiger partial charge in [0.2, 0.25) is 0 Å². The van der Waals surface area contributed by atoms with Crippen molar-refractivity contribution in [2.75, 3.05) is 13.1 Å². The van der Waals surface area contributed by atoms with Gasteiger partial charge in [-0.25, -0.2) is 0 Å². The fourth-order valence-corrected chi connectivity index (χ4v) is 4.80. The first kappa shape index (κ1) is 20.2. The number of carbonyl (C=O) groups is 1. The lowest BCUT2D eigenvalue weighted by Gasteiger charge is -2.37. The Labute approximate surface area is 173 Å². The Morgan fingerprint density at radius 1 is 1.03 bits per heavy atom. The van der Waals surface area contributed by atoms with Gasteiger partial charge in [0.25, 0.3) is 0 Å². The third-order valence-electron chi connectivity index (χ3n) is 6.79. The first-order chi connectivity index (χ1) is 13.8. The van der Waals surface area contributed by atoms with E-state index in [1.54, 1.807) is 0 Å². The highest BCUT2D eigenvalue weighted by molar-refractivity contribution is 5.84. The molecule has 0 bridgehead atoms. The SMILES string of the molecule is CC(C)(C)[C@H]1CC[C@H](Oc2ccc3cc(CN4CC(C(=O)O)C4)ccc3c2)CC1. The number of rotatable bonds is 5. The van der Waals surface area contributed by atoms with Crippen LogP contribution in [0.2, 0.25) is 0 Å². The molecule has 0 spiro atoms. The van der Waals surface area contributed by atoms with E-state index in [2.05, 4.69) is 62.1 Å². The van der Waals surface area contributed by atoms with Crippen LogP contribution in [-0.4, -0.2) is 35.2 Å². The zero-order chi connectivity index (χ0) is 20.6. The fourth-order valence-electron chi connectivity index (χ4n) is 4.80. The second-order valence-corrected chi connectivity index (χ2v) is 10.0. The number of hydrogen-bond donors (Lipinski definition) is 1. The molecule has 4 heteroatoms. The van der Waals surface area contributed by atoms with Crippen LogP contribution in [0.1, 0.15) is 52.0 Å². The highest BCUT2D eigenvalue weighted by Gasteiger charge is 2.32. The summed E-state index contributed by atoms with van der Waals surface area (Å²) < 4.78 is 6.32. The second kappa shape index (κ2) is 7.98. The van der Waals surface area contributed by atoms with E-state index in [9.17, 15) is 4.79 Å². The van der Waals surface area contributed by atoms with Gasteiger partial charge in [-0.3, -0.25) is 9.69 Å². The van der Waals surface area contributed by atoms with Crippen molar-refractivity contribution in [3.8, 4) is 5.75 Å². The summed E-state index contributed by atoms with van der Waals surface area (Å²) in [6.45, 7) is 9.17. The molecule has 1 saturated carbocycles. The molecule has 1 heterocycles. The molecule has 0 unspecified atom stereocenters. The number of fused-ring (bicyclic) bond motifs is 1. The number of carboxylic acids is 1. The molecule has 1 N–H and O–H groups in total. The van der Waals surface area contributed by atoms with Crippen molar-refractivity contribution < 1.29 is 14.6 Å². The van der Waals surface area contributed by atoms with Crippen molar-refractivity contribution in [3.05, 3.63) is 42.0 Å². The van der Waals surface area contributed by atoms with Gasteiger partial charge in [0.1, 0.15) is 5.75 Å². The first-order valence-electron chi connectivity index (χ1n) is 10.9. The predicted molar refractivity (Wildman–Crippen MR) is 116 cm³/mol. The minimum atomic E-state index is -0.681. The summed E-state index contributed by atoms with van der Waals surface area (Å²) >= 11 is 0. The van der Waals surface area contributed by atoms with Crippen LogP contribution in [0, 0.1) is 17.3 Å². The molecule has 2 fully saturated rings. The minimum absolute atomic E-state index is 0.200. The van der Waals surface area contributed by atoms with Gasteiger partial charge in [-0.1, -0.05) is 39.0 Å². The van der Waals surface area contributed by atoms with Crippen molar-refractivity contribution >= 4 is 16.7 Å². The average Bonchev–Trinajstić information content (AvgIpc) is 2.63. The highest BCUT2D eigenvalue weighted by Crippen LogP contribution is 2.39. The molecule has 2 aliphatic rings. The summed E-state index contributed by atoms with van der Waals surface area (Å²) in [4.78, 5) is 13.1. The van der Waals surface area contributed by atoms with Crippen LogP contribution in [0.3, 0.4) is 0 Å². The lowest BCUT2D eigenvalue weighted by atomic mass is 9.72. The Morgan fingerprint density at radius 3 is 2.34 bits per heavy atom. The molecular formula is C25H33NO3. The van der Waals surface area contributed by atoms with Crippen molar-refractivity contribution in [2.45, 2.75) is 59.1 Å². The first-order valence-corrected chi connectivity index (χ1v) is 10.9. The van der Waals surface area contributed by atoms with Gasteiger partial charge in [-0.05, 0) is 71.6 Å². The molecule has 2 aromatic rings. The molecule has 0 radical (unpaired) electrons. The van der Waals surface area contributed by atoms with Crippen LogP contribution in [0.4, 0.5) is 0 Å². The molecule has 29 heavy (non-hydrogen) atoms. The Hall–Kier alpha value is -2.07. The summed E-state index contributed by atoms with van der Waals surface area (Å²) in [6, 6.07) is 12.9. The van der Waals surface area contributed by atoms with E-state index in [-0.39, 0.29) is 5.92 Å². The van der Waals surface area contributed by atoms with Crippen LogP contribution in [0.15, 0.2) is 36.4 Å². The van der Waals surface area contributed by atoms with Gasteiger partial charge in [0.15, 0.2) is 0 Å². The summed E-state index contributed by atoms with van der Waals surface area (Å²) in [7, 11) is 0. The van der Waals surface area contributed by atoms with Crippen molar-refractivity contribution in [2.24, 2.45) is 17.3 Å². The third-order valence-corrected chi connectivity index (χ3v) is 6.79. The quantitative estimate of drug-likeness (QED) is 0.742. The maximum Gasteiger partial charge on any atom is 0.309 e. The number of likely N-dealkylation sites (tertiary alicyclic amines) is 1. The standard InChI is InChI=1S/C25H33NO3/c1-25(2,3)21-7-10-22(11-8-21)29-23-9-6-18-12-17(4-5-19(18)13-23)14-26-15-20(16-26)24(27)28/h4-6,9,12-13,20-22H,7-8,10-11,14-16H2,1-3H3,(H,27,28)/t21-,22-. The topological polar surface area (TPSA) is 49.8 Å². The fraction of sp³-hybridized carbons (Fsp3) is 0.560. The van der Waals surface area contributed by atoms with E-state index >= 15 is 0 Å². The van der Waals surface area contributed by atoms with Gasteiger partial charge < -0.3 is 9.84 Å². The Morgan fingerprint density at radius 2 is 1.69 bits per heavy atom. The van der Waals surface area contributed by atoms with Gasteiger partial charge in [0, 0.05) is 19.6 Å². The molecule has 4 nitrogen and oxygen atoms in total. The molecule has 1 saturated heterocycles. The van der Waals surface area contributed by atoms with Crippen LogP contribution < -0.4 is 4.74 Å². The number of carboxylic acid groups (broad SMARTS) is 1. The van der Waals surface area contributed by atoms with Crippen LogP contribution in [-0.2, 0) is 11.3 Å². The molecule has 0 atom stereocenters. The molecule has 0 aromatic heterocycles. The zero-order valence-corrected chi connectivity index (χ0v) is 17.9. The zero-order valence-electron chi connectivity index (χ0n) is 17.9. The highest BCUT2D eigenvalue weighted by atomic mass is 16.5. The van der Waals surface area contributed by atoms with Gasteiger partial charge in [0.05, 0.1) is 12.0 Å². The minimum Gasteiger partial charge on any atom is -0.490 e. The number of nitrogens with zero attached hydrogens (tertiary/aromatic N) is 1. The van der Waals surface area contributed by atoms with E-state index in [0.717, 1.165) is 31.1 Å². The smallest absolute Gasteiger partial charge is 0.309 e. The van der Waals surface area contributed by atoms with E-state index in [1.165, 1.54) is 29.2 Å². The molecule has 156 valence electrons. The van der Waals surface area contributed by atoms with Crippen LogP contribution in [0.5, 0.6) is 5.75 Å². The third kappa shape index (κ3) is 4.75. The molecule has 0 amide bonds. The maximum absolute atomic E-state index is 11.0. The number of hydrogen-bond acceptors (Lipinski definition) is 3. The van der Waals surface area contributed by atoms with Gasteiger partial charge in [-0.15, -0.1) is 0 Å². The van der Waals surface area contributed by atoms with E-state index in [1.807, 2.05) is 0 Å². The molecule has 4 rings (SSSR count). The van der Waals surface area contributed by atoms with E-state index < -0.39 is 5.97 Å². The molecule has 2 aromatic carbocycles. The normalized spacial score (nSPS) is 23.7. The lowest BCUT2D eigenvalue weighted by molar-refractivity contribution is -0.147. The van der Waals surface area contributed by atoms with Crippen LogP contribution in [0.25, 0.3) is 10.8 Å². The summed E-state index contributed by atoms with van der Waals surface area (Å²) in [5, 5.41) is 11.4. The number of aliphatic carboxylic acids is 1. The monoisotopic (exact) mass is 395 g/mol. The molecule has 1 aliphatic carbocycles. The second-order valence-electron chi connectivity index (χ2n) is 10.0. The summed E-state index contributed by atoms with van der Waals surface area (Å²) in [5.41, 5.74) is 1.63. The Balaban J connectivity index is 1.35. The van der Waals surface area contributed by atoms with Crippen LogP contribution >= 0.6 is 0 Å². The van der Waals surface area contributed by atoms with Crippen molar-refractivity contribution in [1.82, 2.24) is 4.90 Å². The molecular weight excluding hydrogens is 362 g/mol. The van der Waals surface area contributed by atoms with Crippen molar-refractivity contribution in [3.63, 3.8) is 0 Å².